The highest BCUT2D eigenvalue weighted by Gasteiger charge is 2.16. The smallest absolute Gasteiger partial charge is 0.123 e. The normalized spacial score (nSPS) is 16.1. The van der Waals surface area contributed by atoms with Crippen LogP contribution in [-0.4, -0.2) is 12.4 Å². The molecular formula is C18H19FN2. The van der Waals surface area contributed by atoms with Crippen molar-refractivity contribution >= 4 is 5.84 Å². The minimum atomic E-state index is -0.208. The standard InChI is InChI=1S/C18H19FN2/c19-16-11-9-15(10-12-16)18(14-6-2-1-3-7-14)21-17-8-4-5-13-20-17/h1-3,6-7,9-12,18H,4-5,8,13H2,(H,20,21). The average Bonchev–Trinajstić information content (AvgIpc) is 2.55. The maximum absolute atomic E-state index is 13.2. The van der Waals surface area contributed by atoms with E-state index in [2.05, 4.69) is 22.4 Å². The molecule has 1 aliphatic rings. The van der Waals surface area contributed by atoms with E-state index in [1.165, 1.54) is 18.6 Å². The topological polar surface area (TPSA) is 24.4 Å². The molecule has 2 nitrogen and oxygen atoms in total. The van der Waals surface area contributed by atoms with Crippen molar-refractivity contribution in [3.05, 3.63) is 71.5 Å². The van der Waals surface area contributed by atoms with Gasteiger partial charge in [-0.2, -0.15) is 0 Å². The summed E-state index contributed by atoms with van der Waals surface area (Å²) >= 11 is 0. The van der Waals surface area contributed by atoms with Crippen LogP contribution in [0.25, 0.3) is 0 Å². The van der Waals surface area contributed by atoms with Gasteiger partial charge >= 0.3 is 0 Å². The fraction of sp³-hybridized carbons (Fsp3) is 0.278. The predicted molar refractivity (Wildman–Crippen MR) is 84.0 cm³/mol. The lowest BCUT2D eigenvalue weighted by Crippen LogP contribution is -2.31. The number of rotatable bonds is 3. The number of amidine groups is 1. The van der Waals surface area contributed by atoms with Gasteiger partial charge in [0.25, 0.3) is 0 Å². The van der Waals surface area contributed by atoms with Gasteiger partial charge in [-0.25, -0.2) is 4.39 Å². The Labute approximate surface area is 124 Å². The van der Waals surface area contributed by atoms with Gasteiger partial charge in [-0.3, -0.25) is 4.99 Å². The zero-order valence-electron chi connectivity index (χ0n) is 11.9. The van der Waals surface area contributed by atoms with Gasteiger partial charge < -0.3 is 5.32 Å². The van der Waals surface area contributed by atoms with Crippen molar-refractivity contribution < 1.29 is 4.39 Å². The molecule has 1 unspecified atom stereocenters. The molecule has 21 heavy (non-hydrogen) atoms. The van der Waals surface area contributed by atoms with E-state index in [0.717, 1.165) is 36.3 Å². The molecule has 0 bridgehead atoms. The molecular weight excluding hydrogens is 263 g/mol. The van der Waals surface area contributed by atoms with Crippen molar-refractivity contribution in [2.24, 2.45) is 4.99 Å². The monoisotopic (exact) mass is 282 g/mol. The van der Waals surface area contributed by atoms with E-state index < -0.39 is 0 Å². The predicted octanol–water partition coefficient (Wildman–Crippen LogP) is 4.09. The van der Waals surface area contributed by atoms with Gasteiger partial charge in [-0.1, -0.05) is 42.5 Å². The largest absolute Gasteiger partial charge is 0.363 e. The Morgan fingerprint density at radius 3 is 2.29 bits per heavy atom. The van der Waals surface area contributed by atoms with Crippen molar-refractivity contribution in [3.63, 3.8) is 0 Å². The third-order valence-electron chi connectivity index (χ3n) is 3.77. The molecule has 0 radical (unpaired) electrons. The van der Waals surface area contributed by atoms with E-state index in [4.69, 9.17) is 0 Å². The number of hydrogen-bond donors (Lipinski definition) is 1. The van der Waals surface area contributed by atoms with Crippen molar-refractivity contribution in [1.29, 1.82) is 0 Å². The fourth-order valence-electron chi connectivity index (χ4n) is 2.64. The van der Waals surface area contributed by atoms with Crippen LogP contribution in [0.1, 0.15) is 36.4 Å². The number of benzene rings is 2. The fourth-order valence-corrected chi connectivity index (χ4v) is 2.64. The molecule has 2 aromatic rings. The van der Waals surface area contributed by atoms with E-state index in [1.807, 2.05) is 30.3 Å². The molecule has 0 fully saturated rings. The molecule has 0 amide bonds. The summed E-state index contributed by atoms with van der Waals surface area (Å²) in [5.41, 5.74) is 2.22. The third kappa shape index (κ3) is 3.48. The molecule has 1 N–H and O–H groups in total. The first-order valence-corrected chi connectivity index (χ1v) is 7.43. The molecule has 108 valence electrons. The van der Waals surface area contributed by atoms with Crippen LogP contribution in [0.5, 0.6) is 0 Å². The molecule has 3 heteroatoms. The van der Waals surface area contributed by atoms with Gasteiger partial charge in [0, 0.05) is 13.0 Å². The van der Waals surface area contributed by atoms with Gasteiger partial charge in [0.1, 0.15) is 5.82 Å². The Bertz CT molecular complexity index is 605. The summed E-state index contributed by atoms with van der Waals surface area (Å²) in [5.74, 6) is 0.847. The van der Waals surface area contributed by atoms with E-state index in [9.17, 15) is 4.39 Å². The molecule has 1 aliphatic heterocycles. The summed E-state index contributed by atoms with van der Waals surface area (Å²) < 4.78 is 13.2. The zero-order valence-corrected chi connectivity index (χ0v) is 11.9. The average molecular weight is 282 g/mol. The van der Waals surface area contributed by atoms with Crippen LogP contribution in [0.3, 0.4) is 0 Å². The van der Waals surface area contributed by atoms with E-state index in [0.29, 0.717) is 0 Å². The second-order valence-electron chi connectivity index (χ2n) is 5.33. The summed E-state index contributed by atoms with van der Waals surface area (Å²) in [5, 5.41) is 3.54. The van der Waals surface area contributed by atoms with Crippen molar-refractivity contribution in [2.75, 3.05) is 6.54 Å². The van der Waals surface area contributed by atoms with Gasteiger partial charge in [-0.05, 0) is 36.1 Å². The van der Waals surface area contributed by atoms with Crippen LogP contribution in [0.2, 0.25) is 0 Å². The van der Waals surface area contributed by atoms with Crippen molar-refractivity contribution in [2.45, 2.75) is 25.3 Å². The van der Waals surface area contributed by atoms with Crippen LogP contribution in [-0.2, 0) is 0 Å². The maximum atomic E-state index is 13.2. The minimum absolute atomic E-state index is 0.0173. The minimum Gasteiger partial charge on any atom is -0.363 e. The molecule has 3 rings (SSSR count). The van der Waals surface area contributed by atoms with Crippen molar-refractivity contribution in [1.82, 2.24) is 5.32 Å². The van der Waals surface area contributed by atoms with Crippen LogP contribution < -0.4 is 5.32 Å². The number of nitrogens with one attached hydrogen (secondary N) is 1. The molecule has 0 saturated heterocycles. The zero-order chi connectivity index (χ0) is 14.5. The summed E-state index contributed by atoms with van der Waals surface area (Å²) in [6.45, 7) is 0.896. The van der Waals surface area contributed by atoms with Gasteiger partial charge in [0.15, 0.2) is 0 Å². The SMILES string of the molecule is Fc1ccc(C(NC2=NCCCC2)c2ccccc2)cc1. The maximum Gasteiger partial charge on any atom is 0.123 e. The Hall–Kier alpha value is -2.16. The van der Waals surface area contributed by atoms with Crippen LogP contribution in [0, 0.1) is 5.82 Å². The van der Waals surface area contributed by atoms with Crippen molar-refractivity contribution in [3.8, 4) is 0 Å². The molecule has 1 atom stereocenters. The van der Waals surface area contributed by atoms with Gasteiger partial charge in [0.05, 0.1) is 11.9 Å². The quantitative estimate of drug-likeness (QED) is 0.901. The van der Waals surface area contributed by atoms with Crippen LogP contribution in [0.15, 0.2) is 59.6 Å². The summed E-state index contributed by atoms with van der Waals surface area (Å²) in [6, 6.07) is 16.9. The first-order chi connectivity index (χ1) is 10.3. The second-order valence-corrected chi connectivity index (χ2v) is 5.33. The molecule has 1 heterocycles. The van der Waals surface area contributed by atoms with Crippen LogP contribution in [0.4, 0.5) is 4.39 Å². The Balaban J connectivity index is 1.90. The first kappa shape index (κ1) is 13.8. The highest BCUT2D eigenvalue weighted by Crippen LogP contribution is 2.23. The number of halogens is 1. The lowest BCUT2D eigenvalue weighted by molar-refractivity contribution is 0.624. The summed E-state index contributed by atoms with van der Waals surface area (Å²) in [4.78, 5) is 4.57. The Morgan fingerprint density at radius 2 is 1.62 bits per heavy atom. The molecule has 0 aliphatic carbocycles. The van der Waals surface area contributed by atoms with Gasteiger partial charge in [0.2, 0.25) is 0 Å². The number of hydrogen-bond acceptors (Lipinski definition) is 2. The highest BCUT2D eigenvalue weighted by atomic mass is 19.1. The van der Waals surface area contributed by atoms with E-state index >= 15 is 0 Å². The lowest BCUT2D eigenvalue weighted by atomic mass is 9.98. The lowest BCUT2D eigenvalue weighted by Gasteiger charge is -2.23. The molecule has 0 saturated carbocycles. The van der Waals surface area contributed by atoms with E-state index in [-0.39, 0.29) is 11.9 Å². The molecule has 0 aromatic heterocycles. The third-order valence-corrected chi connectivity index (χ3v) is 3.77. The van der Waals surface area contributed by atoms with Crippen LogP contribution >= 0.6 is 0 Å². The molecule has 0 spiro atoms. The van der Waals surface area contributed by atoms with Gasteiger partial charge in [-0.15, -0.1) is 0 Å². The Morgan fingerprint density at radius 1 is 0.905 bits per heavy atom. The summed E-state index contributed by atoms with van der Waals surface area (Å²) in [6.07, 6.45) is 3.33. The highest BCUT2D eigenvalue weighted by molar-refractivity contribution is 5.83. The van der Waals surface area contributed by atoms with E-state index in [1.54, 1.807) is 0 Å². The second kappa shape index (κ2) is 6.53. The first-order valence-electron chi connectivity index (χ1n) is 7.43. The Kier molecular flexibility index (Phi) is 4.29. The molecule has 2 aromatic carbocycles. The summed E-state index contributed by atoms with van der Waals surface area (Å²) in [7, 11) is 0. The number of nitrogens with zero attached hydrogens (tertiary/aromatic N) is 1. The number of aliphatic imine (C=N–C) groups is 1.